The van der Waals surface area contributed by atoms with Crippen molar-refractivity contribution in [3.8, 4) is 11.5 Å². The molecule has 2 aromatic carbocycles. The number of nitrogens with zero attached hydrogens (tertiary/aromatic N) is 2. The Labute approximate surface area is 127 Å². The number of aromatic hydroxyl groups is 1. The lowest BCUT2D eigenvalue weighted by Crippen LogP contribution is -1.93. The van der Waals surface area contributed by atoms with Gasteiger partial charge in [0.15, 0.2) is 0 Å². The van der Waals surface area contributed by atoms with Crippen LogP contribution in [0.4, 0.5) is 11.4 Å². The minimum Gasteiger partial charge on any atom is -0.502 e. The maximum Gasteiger partial charge on any atom is 0.311 e. The fourth-order valence-electron chi connectivity index (χ4n) is 1.96. The summed E-state index contributed by atoms with van der Waals surface area (Å²) < 4.78 is 5.33. The molecule has 0 unspecified atom stereocenters. The number of hydrogen-bond donors (Lipinski definition) is 1. The fraction of sp³-hybridized carbons (Fsp3) is 0.188. The summed E-state index contributed by atoms with van der Waals surface area (Å²) in [6.07, 6.45) is 1.41. The Morgan fingerprint density at radius 2 is 2.00 bits per heavy atom. The molecule has 6 nitrogen and oxygen atoms in total. The second-order valence-corrected chi connectivity index (χ2v) is 4.66. The second kappa shape index (κ2) is 6.71. The molecule has 2 rings (SSSR count). The highest BCUT2D eigenvalue weighted by Gasteiger charge is 2.16. The average molecular weight is 300 g/mol. The molecule has 1 N–H and O–H groups in total. The highest BCUT2D eigenvalue weighted by atomic mass is 16.6. The van der Waals surface area contributed by atoms with E-state index in [1.807, 2.05) is 6.92 Å². The number of phenols is 1. The van der Waals surface area contributed by atoms with E-state index in [0.717, 1.165) is 5.75 Å². The first-order valence-corrected chi connectivity index (χ1v) is 6.76. The van der Waals surface area contributed by atoms with E-state index in [2.05, 4.69) is 4.99 Å². The molecule has 0 amide bonds. The Balaban J connectivity index is 2.28. The minimum absolute atomic E-state index is 0.306. The van der Waals surface area contributed by atoms with Crippen molar-refractivity contribution in [2.75, 3.05) is 6.61 Å². The predicted octanol–water partition coefficient (Wildman–Crippen LogP) is 3.76. The summed E-state index contributed by atoms with van der Waals surface area (Å²) in [6, 6.07) is 10.1. The average Bonchev–Trinajstić information content (AvgIpc) is 2.49. The topological polar surface area (TPSA) is 85.0 Å². The van der Waals surface area contributed by atoms with Gasteiger partial charge < -0.3 is 9.84 Å². The van der Waals surface area contributed by atoms with Gasteiger partial charge >= 0.3 is 5.69 Å². The van der Waals surface area contributed by atoms with Crippen LogP contribution in [0.3, 0.4) is 0 Å². The van der Waals surface area contributed by atoms with Crippen LogP contribution in [0.15, 0.2) is 41.4 Å². The molecule has 22 heavy (non-hydrogen) atoms. The Kier molecular flexibility index (Phi) is 4.73. The third-order valence-corrected chi connectivity index (χ3v) is 2.96. The third kappa shape index (κ3) is 3.60. The van der Waals surface area contributed by atoms with E-state index in [9.17, 15) is 15.2 Å². The van der Waals surface area contributed by atoms with Crippen LogP contribution in [-0.4, -0.2) is 22.9 Å². The lowest BCUT2D eigenvalue weighted by molar-refractivity contribution is -0.385. The molecule has 0 fully saturated rings. The van der Waals surface area contributed by atoms with Crippen molar-refractivity contribution in [1.82, 2.24) is 0 Å². The van der Waals surface area contributed by atoms with Crippen LogP contribution in [-0.2, 0) is 0 Å². The van der Waals surface area contributed by atoms with E-state index in [0.29, 0.717) is 23.4 Å². The molecule has 114 valence electrons. The van der Waals surface area contributed by atoms with Gasteiger partial charge in [-0.2, -0.15) is 0 Å². The van der Waals surface area contributed by atoms with Crippen LogP contribution in [0.1, 0.15) is 18.1 Å². The number of nitro groups is 1. The van der Waals surface area contributed by atoms with Crippen molar-refractivity contribution in [2.24, 2.45) is 4.99 Å². The molecule has 0 atom stereocenters. The number of nitro benzene ring substituents is 1. The van der Waals surface area contributed by atoms with Crippen molar-refractivity contribution in [1.29, 1.82) is 0 Å². The number of aryl methyl sites for hydroxylation is 1. The Morgan fingerprint density at radius 3 is 2.59 bits per heavy atom. The number of hydrogen-bond acceptors (Lipinski definition) is 5. The Morgan fingerprint density at radius 1 is 1.32 bits per heavy atom. The summed E-state index contributed by atoms with van der Waals surface area (Å²) in [5, 5.41) is 20.8. The molecular formula is C16H16N2O4. The number of aliphatic imine (C=N–C) groups is 1. The summed E-state index contributed by atoms with van der Waals surface area (Å²) in [7, 11) is 0. The first-order valence-electron chi connectivity index (χ1n) is 6.76. The molecule has 2 aromatic rings. The van der Waals surface area contributed by atoms with Gasteiger partial charge in [0.25, 0.3) is 0 Å². The van der Waals surface area contributed by atoms with Gasteiger partial charge in [-0.15, -0.1) is 0 Å². The molecule has 0 aliphatic carbocycles. The zero-order chi connectivity index (χ0) is 16.1. The molecule has 0 spiro atoms. The monoisotopic (exact) mass is 300 g/mol. The molecule has 0 saturated heterocycles. The van der Waals surface area contributed by atoms with Gasteiger partial charge in [0.1, 0.15) is 5.75 Å². The normalized spacial score (nSPS) is 10.8. The van der Waals surface area contributed by atoms with Gasteiger partial charge in [-0.25, -0.2) is 0 Å². The van der Waals surface area contributed by atoms with E-state index in [-0.39, 0.29) is 11.4 Å². The smallest absolute Gasteiger partial charge is 0.311 e. The van der Waals surface area contributed by atoms with Crippen molar-refractivity contribution in [3.05, 3.63) is 57.6 Å². The second-order valence-electron chi connectivity index (χ2n) is 4.66. The number of ether oxygens (including phenoxy) is 1. The van der Waals surface area contributed by atoms with Gasteiger partial charge in [-0.1, -0.05) is 0 Å². The highest BCUT2D eigenvalue weighted by molar-refractivity contribution is 5.87. The quantitative estimate of drug-likeness (QED) is 0.517. The van der Waals surface area contributed by atoms with Crippen LogP contribution < -0.4 is 4.74 Å². The molecule has 0 aromatic heterocycles. The molecular weight excluding hydrogens is 284 g/mol. The first kappa shape index (κ1) is 15.5. The van der Waals surface area contributed by atoms with E-state index in [1.54, 1.807) is 37.3 Å². The van der Waals surface area contributed by atoms with Crippen LogP contribution in [0.5, 0.6) is 11.5 Å². The molecule has 0 heterocycles. The minimum atomic E-state index is -0.615. The van der Waals surface area contributed by atoms with E-state index in [4.69, 9.17) is 4.74 Å². The van der Waals surface area contributed by atoms with Gasteiger partial charge in [0.05, 0.1) is 17.2 Å². The number of phenolic OH excluding ortho intramolecular Hbond substituents is 1. The summed E-state index contributed by atoms with van der Waals surface area (Å²) >= 11 is 0. The van der Waals surface area contributed by atoms with Crippen LogP contribution >= 0.6 is 0 Å². The summed E-state index contributed by atoms with van der Waals surface area (Å²) in [6.45, 7) is 4.21. The van der Waals surface area contributed by atoms with E-state index < -0.39 is 4.92 Å². The molecule has 0 aliphatic rings. The van der Waals surface area contributed by atoms with Crippen molar-refractivity contribution in [3.63, 3.8) is 0 Å². The standard InChI is InChI=1S/C16H16N2O4/c1-3-22-14-6-4-13(5-7-14)17-10-12-8-11(2)9-15(16(12)19)18(20)21/h4-10,19H,3H2,1-2H3. The molecule has 6 heteroatoms. The Hall–Kier alpha value is -2.89. The number of rotatable bonds is 5. The molecule has 0 saturated carbocycles. The van der Waals surface area contributed by atoms with E-state index >= 15 is 0 Å². The van der Waals surface area contributed by atoms with Crippen molar-refractivity contribution >= 4 is 17.6 Å². The maximum atomic E-state index is 10.9. The summed E-state index contributed by atoms with van der Waals surface area (Å²) in [4.78, 5) is 14.5. The lowest BCUT2D eigenvalue weighted by Gasteiger charge is -2.03. The van der Waals surface area contributed by atoms with Gasteiger partial charge in [-0.05, 0) is 49.7 Å². The lowest BCUT2D eigenvalue weighted by atomic mass is 10.1. The highest BCUT2D eigenvalue weighted by Crippen LogP contribution is 2.30. The predicted molar refractivity (Wildman–Crippen MR) is 84.4 cm³/mol. The number of benzene rings is 2. The zero-order valence-electron chi connectivity index (χ0n) is 12.3. The molecule has 0 bridgehead atoms. The maximum absolute atomic E-state index is 10.9. The SMILES string of the molecule is CCOc1ccc(N=Cc2cc(C)cc([N+](=O)[O-])c2O)cc1. The summed E-state index contributed by atoms with van der Waals surface area (Å²) in [5.41, 5.74) is 1.32. The molecule has 0 aliphatic heterocycles. The zero-order valence-corrected chi connectivity index (χ0v) is 12.3. The first-order chi connectivity index (χ1) is 10.5. The van der Waals surface area contributed by atoms with Gasteiger partial charge in [0.2, 0.25) is 5.75 Å². The van der Waals surface area contributed by atoms with Crippen molar-refractivity contribution in [2.45, 2.75) is 13.8 Å². The molecule has 0 radical (unpaired) electrons. The Bertz CT molecular complexity index is 709. The van der Waals surface area contributed by atoms with Crippen LogP contribution in [0, 0.1) is 17.0 Å². The summed E-state index contributed by atoms with van der Waals surface area (Å²) in [5.74, 6) is 0.362. The largest absolute Gasteiger partial charge is 0.502 e. The fourth-order valence-corrected chi connectivity index (χ4v) is 1.96. The third-order valence-electron chi connectivity index (χ3n) is 2.96. The van der Waals surface area contributed by atoms with Crippen molar-refractivity contribution < 1.29 is 14.8 Å². The van der Waals surface area contributed by atoms with Gasteiger partial charge in [-0.3, -0.25) is 15.1 Å². The van der Waals surface area contributed by atoms with Gasteiger partial charge in [0, 0.05) is 17.8 Å². The van der Waals surface area contributed by atoms with Crippen LogP contribution in [0.25, 0.3) is 0 Å². The van der Waals surface area contributed by atoms with Crippen LogP contribution in [0.2, 0.25) is 0 Å². The van der Waals surface area contributed by atoms with E-state index in [1.165, 1.54) is 12.3 Å².